The number of nitrogens with one attached hydrogen (secondary N) is 1. The Hall–Kier alpha value is -0.120. The molecule has 3 nitrogen and oxygen atoms in total. The maximum Gasteiger partial charge on any atom is 0.0506 e. The van der Waals surface area contributed by atoms with Crippen LogP contribution in [0.5, 0.6) is 0 Å². The predicted octanol–water partition coefficient (Wildman–Crippen LogP) is 0.707. The van der Waals surface area contributed by atoms with Crippen LogP contribution < -0.4 is 5.32 Å². The van der Waals surface area contributed by atoms with E-state index in [1.165, 1.54) is 25.9 Å². The van der Waals surface area contributed by atoms with E-state index in [-0.39, 0.29) is 0 Å². The third kappa shape index (κ3) is 2.69. The molecule has 2 saturated heterocycles. The Morgan fingerprint density at radius 3 is 3.14 bits per heavy atom. The zero-order valence-corrected chi connectivity index (χ0v) is 9.17. The molecule has 0 radical (unpaired) electrons. The SMILES string of the molecule is C[C@H]1CNCCN1CC1CCCOC1. The summed E-state index contributed by atoms with van der Waals surface area (Å²) in [6.45, 7) is 9.02. The van der Waals surface area contributed by atoms with Gasteiger partial charge in [0.2, 0.25) is 0 Å². The van der Waals surface area contributed by atoms with Crippen molar-refractivity contribution in [2.24, 2.45) is 5.92 Å². The van der Waals surface area contributed by atoms with Crippen molar-refractivity contribution in [3.05, 3.63) is 0 Å². The van der Waals surface area contributed by atoms with Gasteiger partial charge >= 0.3 is 0 Å². The second kappa shape index (κ2) is 5.10. The quantitative estimate of drug-likeness (QED) is 0.707. The summed E-state index contributed by atoms with van der Waals surface area (Å²) in [7, 11) is 0. The lowest BCUT2D eigenvalue weighted by Gasteiger charge is -2.37. The van der Waals surface area contributed by atoms with Gasteiger partial charge in [0.05, 0.1) is 6.61 Å². The van der Waals surface area contributed by atoms with Crippen molar-refractivity contribution in [1.82, 2.24) is 10.2 Å². The first-order chi connectivity index (χ1) is 6.86. The van der Waals surface area contributed by atoms with E-state index in [1.807, 2.05) is 0 Å². The Morgan fingerprint density at radius 1 is 1.50 bits per heavy atom. The topological polar surface area (TPSA) is 24.5 Å². The van der Waals surface area contributed by atoms with Gasteiger partial charge < -0.3 is 10.1 Å². The van der Waals surface area contributed by atoms with Crippen molar-refractivity contribution in [1.29, 1.82) is 0 Å². The molecule has 0 spiro atoms. The summed E-state index contributed by atoms with van der Waals surface area (Å²) >= 11 is 0. The second-order valence-electron chi connectivity index (χ2n) is 4.63. The van der Waals surface area contributed by atoms with Gasteiger partial charge in [-0.25, -0.2) is 0 Å². The molecule has 0 aliphatic carbocycles. The fraction of sp³-hybridized carbons (Fsp3) is 1.00. The van der Waals surface area contributed by atoms with E-state index in [4.69, 9.17) is 4.74 Å². The van der Waals surface area contributed by atoms with E-state index in [0.717, 1.165) is 32.2 Å². The number of hydrogen-bond donors (Lipinski definition) is 1. The van der Waals surface area contributed by atoms with Gasteiger partial charge in [-0.15, -0.1) is 0 Å². The molecule has 3 heteroatoms. The smallest absolute Gasteiger partial charge is 0.0506 e. The highest BCUT2D eigenvalue weighted by Gasteiger charge is 2.22. The van der Waals surface area contributed by atoms with Gasteiger partial charge in [-0.1, -0.05) is 0 Å². The highest BCUT2D eigenvalue weighted by molar-refractivity contribution is 4.78. The Balaban J connectivity index is 1.76. The zero-order chi connectivity index (χ0) is 9.80. The van der Waals surface area contributed by atoms with Crippen LogP contribution in [0.15, 0.2) is 0 Å². The molecule has 2 aliphatic rings. The van der Waals surface area contributed by atoms with Crippen LogP contribution in [0, 0.1) is 5.92 Å². The summed E-state index contributed by atoms with van der Waals surface area (Å²) in [4.78, 5) is 2.61. The van der Waals surface area contributed by atoms with Gasteiger partial charge in [0, 0.05) is 38.8 Å². The molecule has 0 aromatic carbocycles. The van der Waals surface area contributed by atoms with E-state index in [0.29, 0.717) is 6.04 Å². The first-order valence-electron chi connectivity index (χ1n) is 5.89. The van der Waals surface area contributed by atoms with E-state index in [9.17, 15) is 0 Å². The molecule has 2 rings (SSSR count). The van der Waals surface area contributed by atoms with Crippen LogP contribution in [0.3, 0.4) is 0 Å². The average Bonchev–Trinajstić information content (AvgIpc) is 2.23. The molecule has 82 valence electrons. The fourth-order valence-electron chi connectivity index (χ4n) is 2.44. The minimum Gasteiger partial charge on any atom is -0.381 e. The van der Waals surface area contributed by atoms with E-state index in [1.54, 1.807) is 0 Å². The standard InChI is InChI=1S/C11H22N2O/c1-10-7-12-4-5-13(10)8-11-3-2-6-14-9-11/h10-12H,2-9H2,1H3/t10-,11?/m0/s1. The third-order valence-electron chi connectivity index (χ3n) is 3.39. The molecule has 14 heavy (non-hydrogen) atoms. The molecule has 0 aromatic rings. The van der Waals surface area contributed by atoms with Crippen molar-refractivity contribution in [2.45, 2.75) is 25.8 Å². The number of hydrogen-bond acceptors (Lipinski definition) is 3. The van der Waals surface area contributed by atoms with Gasteiger partial charge in [-0.05, 0) is 25.7 Å². The molecule has 0 aromatic heterocycles. The van der Waals surface area contributed by atoms with E-state index in [2.05, 4.69) is 17.1 Å². The van der Waals surface area contributed by atoms with Crippen LogP contribution in [-0.4, -0.2) is 50.3 Å². The predicted molar refractivity (Wildman–Crippen MR) is 57.4 cm³/mol. The Labute approximate surface area is 86.8 Å². The van der Waals surface area contributed by atoms with E-state index >= 15 is 0 Å². The molecular weight excluding hydrogens is 176 g/mol. The van der Waals surface area contributed by atoms with Crippen molar-refractivity contribution in [2.75, 3.05) is 39.4 Å². The minimum absolute atomic E-state index is 0.700. The second-order valence-corrected chi connectivity index (χ2v) is 4.63. The minimum atomic E-state index is 0.700. The van der Waals surface area contributed by atoms with Crippen LogP contribution in [0.4, 0.5) is 0 Å². The first-order valence-corrected chi connectivity index (χ1v) is 5.89. The summed E-state index contributed by atoms with van der Waals surface area (Å²) in [5.74, 6) is 0.782. The molecule has 2 atom stereocenters. The third-order valence-corrected chi connectivity index (χ3v) is 3.39. The number of piperazine rings is 1. The molecule has 2 aliphatic heterocycles. The molecule has 0 bridgehead atoms. The van der Waals surface area contributed by atoms with Gasteiger partial charge in [0.15, 0.2) is 0 Å². The summed E-state index contributed by atoms with van der Waals surface area (Å²) in [5, 5.41) is 3.43. The van der Waals surface area contributed by atoms with Gasteiger partial charge in [0.25, 0.3) is 0 Å². The molecule has 1 unspecified atom stereocenters. The van der Waals surface area contributed by atoms with Crippen molar-refractivity contribution < 1.29 is 4.74 Å². The lowest BCUT2D eigenvalue weighted by molar-refractivity contribution is 0.0287. The largest absolute Gasteiger partial charge is 0.381 e. The molecule has 2 fully saturated rings. The van der Waals surface area contributed by atoms with E-state index < -0.39 is 0 Å². The van der Waals surface area contributed by atoms with Crippen LogP contribution in [0.2, 0.25) is 0 Å². The van der Waals surface area contributed by atoms with Gasteiger partial charge in [-0.3, -0.25) is 4.90 Å². The lowest BCUT2D eigenvalue weighted by atomic mass is 10.0. The van der Waals surface area contributed by atoms with Gasteiger partial charge in [0.1, 0.15) is 0 Å². The number of nitrogens with zero attached hydrogens (tertiary/aromatic N) is 1. The Morgan fingerprint density at radius 2 is 2.43 bits per heavy atom. The van der Waals surface area contributed by atoms with Crippen LogP contribution in [-0.2, 0) is 4.74 Å². The van der Waals surface area contributed by atoms with Crippen molar-refractivity contribution >= 4 is 0 Å². The summed E-state index contributed by atoms with van der Waals surface area (Å²) in [6, 6.07) is 0.700. The fourth-order valence-corrected chi connectivity index (χ4v) is 2.44. The molecule has 2 heterocycles. The van der Waals surface area contributed by atoms with Crippen molar-refractivity contribution in [3.63, 3.8) is 0 Å². The normalized spacial score (nSPS) is 35.8. The Kier molecular flexibility index (Phi) is 3.79. The van der Waals surface area contributed by atoms with Crippen LogP contribution in [0.1, 0.15) is 19.8 Å². The van der Waals surface area contributed by atoms with Crippen molar-refractivity contribution in [3.8, 4) is 0 Å². The maximum atomic E-state index is 5.52. The highest BCUT2D eigenvalue weighted by atomic mass is 16.5. The Bertz CT molecular complexity index is 169. The van der Waals surface area contributed by atoms with Crippen LogP contribution >= 0.6 is 0 Å². The summed E-state index contributed by atoms with van der Waals surface area (Å²) < 4.78 is 5.52. The van der Waals surface area contributed by atoms with Crippen LogP contribution in [0.25, 0.3) is 0 Å². The highest BCUT2D eigenvalue weighted by Crippen LogP contribution is 2.16. The van der Waals surface area contributed by atoms with Gasteiger partial charge in [-0.2, -0.15) is 0 Å². The summed E-state index contributed by atoms with van der Waals surface area (Å²) in [5.41, 5.74) is 0. The molecule has 0 amide bonds. The first kappa shape index (κ1) is 10.4. The monoisotopic (exact) mass is 198 g/mol. The number of rotatable bonds is 2. The molecule has 0 saturated carbocycles. The number of ether oxygens (including phenoxy) is 1. The molecule has 1 N–H and O–H groups in total. The maximum absolute atomic E-state index is 5.52. The summed E-state index contributed by atoms with van der Waals surface area (Å²) in [6.07, 6.45) is 2.61. The zero-order valence-electron chi connectivity index (χ0n) is 9.17. The lowest BCUT2D eigenvalue weighted by Crippen LogP contribution is -2.51. The average molecular weight is 198 g/mol. The molecular formula is C11H22N2O.